The van der Waals surface area contributed by atoms with Crippen LogP contribution in [0.4, 0.5) is 0 Å². The lowest BCUT2D eigenvalue weighted by Crippen LogP contribution is -2.29. The van der Waals surface area contributed by atoms with Crippen molar-refractivity contribution in [3.63, 3.8) is 0 Å². The SMILES string of the molecule is COc1ccc([C@H]2/C(=C(\O)c3ccc(C)cc3)C(=O)C(=O)N2Cc2cccnc2)c(OC)c1. The van der Waals surface area contributed by atoms with Crippen molar-refractivity contribution in [3.8, 4) is 11.5 Å². The Hall–Kier alpha value is -4.13. The number of ether oxygens (including phenoxy) is 2. The lowest BCUT2D eigenvalue weighted by Gasteiger charge is -2.26. The minimum absolute atomic E-state index is 0.0104. The quantitative estimate of drug-likeness (QED) is 0.351. The Bertz CT molecular complexity index is 1220. The maximum Gasteiger partial charge on any atom is 0.295 e. The summed E-state index contributed by atoms with van der Waals surface area (Å²) in [6, 6.07) is 15.0. The molecule has 0 bridgehead atoms. The second-order valence-electron chi connectivity index (χ2n) is 7.76. The molecule has 2 heterocycles. The summed E-state index contributed by atoms with van der Waals surface area (Å²) in [7, 11) is 3.05. The van der Waals surface area contributed by atoms with Gasteiger partial charge in [-0.15, -0.1) is 0 Å². The van der Waals surface area contributed by atoms with Crippen LogP contribution in [0.15, 0.2) is 72.6 Å². The third-order valence-corrected chi connectivity index (χ3v) is 5.68. The zero-order valence-corrected chi connectivity index (χ0v) is 18.6. The molecule has 1 atom stereocenters. The van der Waals surface area contributed by atoms with E-state index in [0.29, 0.717) is 22.6 Å². The van der Waals surface area contributed by atoms with Gasteiger partial charge in [-0.1, -0.05) is 35.9 Å². The maximum absolute atomic E-state index is 13.2. The predicted molar refractivity (Wildman–Crippen MR) is 123 cm³/mol. The first-order chi connectivity index (χ1) is 15.9. The number of carbonyl (C=O) groups excluding carboxylic acids is 2. The van der Waals surface area contributed by atoms with Crippen molar-refractivity contribution in [2.45, 2.75) is 19.5 Å². The number of Topliss-reactive ketones (excluding diaryl/α,β-unsaturated/α-hetero) is 1. The highest BCUT2D eigenvalue weighted by atomic mass is 16.5. The Morgan fingerprint density at radius 1 is 1.06 bits per heavy atom. The number of pyridine rings is 1. The van der Waals surface area contributed by atoms with Crippen molar-refractivity contribution < 1.29 is 24.2 Å². The molecule has 3 aromatic rings. The van der Waals surface area contributed by atoms with Crippen LogP contribution < -0.4 is 9.47 Å². The molecule has 1 aliphatic heterocycles. The van der Waals surface area contributed by atoms with Gasteiger partial charge in [0.1, 0.15) is 17.3 Å². The zero-order chi connectivity index (χ0) is 23.5. The van der Waals surface area contributed by atoms with Crippen LogP contribution in [-0.2, 0) is 16.1 Å². The fourth-order valence-electron chi connectivity index (χ4n) is 3.97. The normalized spacial score (nSPS) is 17.3. The molecular formula is C26H24N2O5. The predicted octanol–water partition coefficient (Wildman–Crippen LogP) is 4.03. The number of amides is 1. The van der Waals surface area contributed by atoms with E-state index in [9.17, 15) is 14.7 Å². The molecule has 1 aromatic heterocycles. The van der Waals surface area contributed by atoms with Gasteiger partial charge in [0.25, 0.3) is 11.7 Å². The number of ketones is 1. The number of aromatic nitrogens is 1. The summed E-state index contributed by atoms with van der Waals surface area (Å²) in [6.45, 7) is 2.07. The summed E-state index contributed by atoms with van der Waals surface area (Å²) in [6.07, 6.45) is 3.28. The molecule has 0 unspecified atom stereocenters. The van der Waals surface area contributed by atoms with Crippen LogP contribution >= 0.6 is 0 Å². The molecule has 1 aliphatic rings. The van der Waals surface area contributed by atoms with Gasteiger partial charge in [0.2, 0.25) is 0 Å². The van der Waals surface area contributed by atoms with E-state index in [4.69, 9.17) is 9.47 Å². The van der Waals surface area contributed by atoms with Crippen molar-refractivity contribution in [1.29, 1.82) is 0 Å². The Morgan fingerprint density at radius 3 is 2.45 bits per heavy atom. The van der Waals surface area contributed by atoms with E-state index < -0.39 is 17.7 Å². The molecule has 7 heteroatoms. The maximum atomic E-state index is 13.2. The Balaban J connectivity index is 1.91. The van der Waals surface area contributed by atoms with E-state index >= 15 is 0 Å². The molecule has 7 nitrogen and oxygen atoms in total. The zero-order valence-electron chi connectivity index (χ0n) is 18.6. The van der Waals surface area contributed by atoms with Crippen LogP contribution in [-0.4, -0.2) is 40.9 Å². The van der Waals surface area contributed by atoms with Crippen molar-refractivity contribution >= 4 is 17.4 Å². The first-order valence-corrected chi connectivity index (χ1v) is 10.4. The van der Waals surface area contributed by atoms with Crippen LogP contribution in [0, 0.1) is 6.92 Å². The number of hydrogen-bond donors (Lipinski definition) is 1. The molecule has 1 saturated heterocycles. The fraction of sp³-hybridized carbons (Fsp3) is 0.192. The van der Waals surface area contributed by atoms with Gasteiger partial charge in [-0.2, -0.15) is 0 Å². The van der Waals surface area contributed by atoms with Crippen molar-refractivity contribution in [2.75, 3.05) is 14.2 Å². The van der Waals surface area contributed by atoms with E-state index in [1.54, 1.807) is 55.9 Å². The molecule has 1 fully saturated rings. The van der Waals surface area contributed by atoms with Gasteiger partial charge in [-0.25, -0.2) is 0 Å². The number of rotatable bonds is 6. The number of aliphatic hydroxyl groups is 1. The summed E-state index contributed by atoms with van der Waals surface area (Å²) < 4.78 is 10.9. The summed E-state index contributed by atoms with van der Waals surface area (Å²) in [5, 5.41) is 11.2. The summed E-state index contributed by atoms with van der Waals surface area (Å²) in [4.78, 5) is 31.9. The fourth-order valence-corrected chi connectivity index (χ4v) is 3.97. The largest absolute Gasteiger partial charge is 0.507 e. The van der Waals surface area contributed by atoms with E-state index in [1.165, 1.54) is 12.0 Å². The van der Waals surface area contributed by atoms with Gasteiger partial charge in [0.15, 0.2) is 0 Å². The van der Waals surface area contributed by atoms with Crippen molar-refractivity contribution in [2.24, 2.45) is 0 Å². The number of methoxy groups -OCH3 is 2. The first kappa shape index (κ1) is 22.1. The number of aryl methyl sites for hydroxylation is 1. The molecule has 2 aromatic carbocycles. The third-order valence-electron chi connectivity index (χ3n) is 5.68. The molecule has 33 heavy (non-hydrogen) atoms. The van der Waals surface area contributed by atoms with Crippen LogP contribution in [0.25, 0.3) is 5.76 Å². The lowest BCUT2D eigenvalue weighted by molar-refractivity contribution is -0.140. The molecule has 0 aliphatic carbocycles. The average Bonchev–Trinajstić information content (AvgIpc) is 3.09. The summed E-state index contributed by atoms with van der Waals surface area (Å²) in [5.74, 6) is -0.675. The number of nitrogens with zero attached hydrogens (tertiary/aromatic N) is 2. The van der Waals surface area contributed by atoms with Gasteiger partial charge in [-0.05, 0) is 30.7 Å². The van der Waals surface area contributed by atoms with Crippen molar-refractivity contribution in [1.82, 2.24) is 9.88 Å². The van der Waals surface area contributed by atoms with Gasteiger partial charge in [-0.3, -0.25) is 14.6 Å². The topological polar surface area (TPSA) is 89.0 Å². The lowest BCUT2D eigenvalue weighted by atomic mass is 9.94. The van der Waals surface area contributed by atoms with Crippen LogP contribution in [0.3, 0.4) is 0 Å². The second-order valence-corrected chi connectivity index (χ2v) is 7.76. The number of aliphatic hydroxyl groups excluding tert-OH is 1. The molecule has 0 saturated carbocycles. The highest BCUT2D eigenvalue weighted by Crippen LogP contribution is 2.44. The molecule has 1 N–H and O–H groups in total. The van der Waals surface area contributed by atoms with Crippen molar-refractivity contribution in [3.05, 3.63) is 94.8 Å². The van der Waals surface area contributed by atoms with Gasteiger partial charge in [0, 0.05) is 36.1 Å². The number of benzene rings is 2. The molecular weight excluding hydrogens is 420 g/mol. The van der Waals surface area contributed by atoms with Gasteiger partial charge >= 0.3 is 0 Å². The Kier molecular flexibility index (Phi) is 6.13. The minimum Gasteiger partial charge on any atom is -0.507 e. The third kappa shape index (κ3) is 4.17. The number of carbonyl (C=O) groups is 2. The van der Waals surface area contributed by atoms with E-state index in [2.05, 4.69) is 4.98 Å². The highest BCUT2D eigenvalue weighted by Gasteiger charge is 2.47. The van der Waals surface area contributed by atoms with Gasteiger partial charge in [0.05, 0.1) is 25.8 Å². The summed E-state index contributed by atoms with van der Waals surface area (Å²) >= 11 is 0. The average molecular weight is 444 g/mol. The first-order valence-electron chi connectivity index (χ1n) is 10.4. The van der Waals surface area contributed by atoms with E-state index in [-0.39, 0.29) is 17.9 Å². The molecule has 168 valence electrons. The monoisotopic (exact) mass is 444 g/mol. The summed E-state index contributed by atoms with van der Waals surface area (Å²) in [5.41, 5.74) is 2.80. The Morgan fingerprint density at radius 2 is 1.82 bits per heavy atom. The standard InChI is InChI=1S/C26H24N2O5/c1-16-6-8-18(9-7-16)24(29)22-23(20-11-10-19(32-2)13-21(20)33-3)28(26(31)25(22)30)15-17-5-4-12-27-14-17/h4-14,23,29H,15H2,1-3H3/b24-22+/t23-/m0/s1. The molecule has 0 spiro atoms. The van der Waals surface area contributed by atoms with E-state index in [0.717, 1.165) is 11.1 Å². The minimum atomic E-state index is -0.854. The molecule has 4 rings (SSSR count). The number of likely N-dealkylation sites (tertiary alicyclic amines) is 1. The van der Waals surface area contributed by atoms with Gasteiger partial charge < -0.3 is 19.5 Å². The Labute approximate surface area is 191 Å². The molecule has 0 radical (unpaired) electrons. The van der Waals surface area contributed by atoms with Crippen LogP contribution in [0.2, 0.25) is 0 Å². The smallest absolute Gasteiger partial charge is 0.295 e. The van der Waals surface area contributed by atoms with Crippen LogP contribution in [0.1, 0.15) is 28.3 Å². The number of hydrogen-bond acceptors (Lipinski definition) is 6. The highest BCUT2D eigenvalue weighted by molar-refractivity contribution is 6.46. The molecule has 1 amide bonds. The second kappa shape index (κ2) is 9.16. The van der Waals surface area contributed by atoms with E-state index in [1.807, 2.05) is 25.1 Å². The van der Waals surface area contributed by atoms with Crippen LogP contribution in [0.5, 0.6) is 11.5 Å².